The van der Waals surface area contributed by atoms with Crippen LogP contribution in [0.4, 0.5) is 0 Å². The van der Waals surface area contributed by atoms with Crippen molar-refractivity contribution in [2.45, 2.75) is 18.2 Å². The zero-order valence-electron chi connectivity index (χ0n) is 14.9. The van der Waals surface area contributed by atoms with Gasteiger partial charge >= 0.3 is 0 Å². The van der Waals surface area contributed by atoms with Gasteiger partial charge in [0.15, 0.2) is 5.16 Å². The lowest BCUT2D eigenvalue weighted by Crippen LogP contribution is -2.09. The maximum Gasteiger partial charge on any atom is 0.275 e. The number of benzene rings is 2. The van der Waals surface area contributed by atoms with Crippen LogP contribution in [0.1, 0.15) is 16.7 Å². The van der Waals surface area contributed by atoms with Crippen LogP contribution in [-0.2, 0) is 13.0 Å². The molecule has 136 valence electrons. The van der Waals surface area contributed by atoms with E-state index in [1.165, 1.54) is 11.8 Å². The zero-order valence-corrected chi connectivity index (χ0v) is 15.7. The summed E-state index contributed by atoms with van der Waals surface area (Å²) >= 11 is 1.42. The summed E-state index contributed by atoms with van der Waals surface area (Å²) in [7, 11) is 0. The van der Waals surface area contributed by atoms with E-state index in [2.05, 4.69) is 21.0 Å². The van der Waals surface area contributed by atoms with E-state index in [-0.39, 0.29) is 5.56 Å². The van der Waals surface area contributed by atoms with Crippen LogP contribution in [0.15, 0.2) is 70.7 Å². The first kappa shape index (κ1) is 17.4. The van der Waals surface area contributed by atoms with E-state index in [1.807, 2.05) is 61.0 Å². The van der Waals surface area contributed by atoms with Gasteiger partial charge < -0.3 is 9.72 Å². The second kappa shape index (κ2) is 7.72. The van der Waals surface area contributed by atoms with Crippen molar-refractivity contribution in [1.29, 1.82) is 0 Å². The van der Waals surface area contributed by atoms with Gasteiger partial charge in [-0.1, -0.05) is 54.2 Å². The van der Waals surface area contributed by atoms with E-state index in [1.54, 1.807) is 0 Å². The molecule has 6 heteroatoms. The van der Waals surface area contributed by atoms with E-state index in [4.69, 9.17) is 4.74 Å². The Balaban J connectivity index is 1.55. The molecule has 0 radical (unpaired) electrons. The van der Waals surface area contributed by atoms with E-state index in [0.717, 1.165) is 28.0 Å². The van der Waals surface area contributed by atoms with Gasteiger partial charge in [0, 0.05) is 18.2 Å². The summed E-state index contributed by atoms with van der Waals surface area (Å²) in [6, 6.07) is 18.1. The smallest absolute Gasteiger partial charge is 0.275 e. The lowest BCUT2D eigenvalue weighted by molar-refractivity contribution is 0.306. The fourth-order valence-corrected chi connectivity index (χ4v) is 3.36. The minimum Gasteiger partial charge on any atom is -0.489 e. The van der Waals surface area contributed by atoms with Crippen LogP contribution in [0.25, 0.3) is 11.0 Å². The van der Waals surface area contributed by atoms with Crippen LogP contribution in [-0.4, -0.2) is 21.2 Å². The van der Waals surface area contributed by atoms with Crippen LogP contribution < -0.4 is 10.3 Å². The summed E-state index contributed by atoms with van der Waals surface area (Å²) in [5.74, 6) is 0.826. The predicted molar refractivity (Wildman–Crippen MR) is 109 cm³/mol. The summed E-state index contributed by atoms with van der Waals surface area (Å²) in [4.78, 5) is 22.5. The van der Waals surface area contributed by atoms with Crippen LogP contribution in [0.5, 0.6) is 5.75 Å². The number of nitrogens with zero attached hydrogens (tertiary/aromatic N) is 1. The minimum atomic E-state index is -0.143. The van der Waals surface area contributed by atoms with Gasteiger partial charge in [-0.25, -0.2) is 4.98 Å². The van der Waals surface area contributed by atoms with E-state index < -0.39 is 0 Å². The number of fused-ring (bicyclic) bond motifs is 1. The summed E-state index contributed by atoms with van der Waals surface area (Å²) in [6.45, 7) is 0.533. The molecular formula is C21H19N3O2S. The molecule has 0 unspecified atom stereocenters. The van der Waals surface area contributed by atoms with Crippen LogP contribution in [0.2, 0.25) is 0 Å². The third-order valence-electron chi connectivity index (χ3n) is 4.33. The molecule has 0 aliphatic heterocycles. The molecule has 4 rings (SSSR count). The fourth-order valence-electron chi connectivity index (χ4n) is 2.98. The number of hydrogen-bond acceptors (Lipinski definition) is 4. The van der Waals surface area contributed by atoms with Crippen molar-refractivity contribution in [2.75, 3.05) is 6.26 Å². The Morgan fingerprint density at radius 2 is 1.89 bits per heavy atom. The van der Waals surface area contributed by atoms with Crippen molar-refractivity contribution in [3.8, 4) is 5.75 Å². The van der Waals surface area contributed by atoms with Gasteiger partial charge in [-0.05, 0) is 29.5 Å². The molecule has 0 bridgehead atoms. The number of nitrogens with one attached hydrogen (secondary N) is 2. The Morgan fingerprint density at radius 3 is 2.70 bits per heavy atom. The van der Waals surface area contributed by atoms with Crippen molar-refractivity contribution in [1.82, 2.24) is 15.0 Å². The Labute approximate surface area is 160 Å². The van der Waals surface area contributed by atoms with Gasteiger partial charge in [0.2, 0.25) is 0 Å². The molecular weight excluding hydrogens is 358 g/mol. The van der Waals surface area contributed by atoms with Crippen molar-refractivity contribution < 1.29 is 4.74 Å². The second-order valence-corrected chi connectivity index (χ2v) is 7.01. The lowest BCUT2D eigenvalue weighted by atomic mass is 10.1. The first-order chi connectivity index (χ1) is 13.2. The number of aromatic amines is 2. The average molecular weight is 377 g/mol. The standard InChI is InChI=1S/C21H19N3O2S/c1-27-21-23-18-16(12-22-19(18)20(25)24-21)10-15-8-5-9-17(11-15)26-13-14-6-3-2-4-7-14/h2-9,11-12,22H,10,13H2,1H3,(H,23,24,25). The van der Waals surface area contributed by atoms with Crippen LogP contribution >= 0.6 is 11.8 Å². The molecule has 4 aromatic rings. The Bertz CT molecular complexity index is 1120. The van der Waals surface area contributed by atoms with Gasteiger partial charge in [-0.15, -0.1) is 0 Å². The lowest BCUT2D eigenvalue weighted by Gasteiger charge is -2.08. The number of aromatic nitrogens is 3. The predicted octanol–water partition coefficient (Wildman–Crippen LogP) is 4.14. The van der Waals surface area contributed by atoms with Crippen LogP contribution in [0, 0.1) is 0 Å². The Kier molecular flexibility index (Phi) is 4.98. The average Bonchev–Trinajstić information content (AvgIpc) is 3.11. The molecule has 0 aliphatic carbocycles. The van der Waals surface area contributed by atoms with Gasteiger partial charge in [0.25, 0.3) is 5.56 Å². The minimum absolute atomic E-state index is 0.143. The monoisotopic (exact) mass is 377 g/mol. The summed E-state index contributed by atoms with van der Waals surface area (Å²) in [6.07, 6.45) is 4.42. The molecule has 2 aromatic carbocycles. The van der Waals surface area contributed by atoms with Gasteiger partial charge in [-0.2, -0.15) is 0 Å². The number of hydrogen-bond donors (Lipinski definition) is 2. The quantitative estimate of drug-likeness (QED) is 0.391. The largest absolute Gasteiger partial charge is 0.489 e. The third-order valence-corrected chi connectivity index (χ3v) is 4.91. The molecule has 2 heterocycles. The first-order valence-corrected chi connectivity index (χ1v) is 9.85. The second-order valence-electron chi connectivity index (χ2n) is 6.21. The van der Waals surface area contributed by atoms with Crippen molar-refractivity contribution in [2.24, 2.45) is 0 Å². The van der Waals surface area contributed by atoms with Gasteiger partial charge in [0.05, 0.1) is 0 Å². The van der Waals surface area contributed by atoms with Gasteiger partial charge in [-0.3, -0.25) is 9.78 Å². The molecule has 0 atom stereocenters. The molecule has 0 spiro atoms. The summed E-state index contributed by atoms with van der Waals surface area (Å²) in [5.41, 5.74) is 4.32. The molecule has 0 fully saturated rings. The normalized spacial score (nSPS) is 11.0. The van der Waals surface area contributed by atoms with Gasteiger partial charge in [0.1, 0.15) is 23.4 Å². The molecule has 0 amide bonds. The molecule has 2 N–H and O–H groups in total. The Morgan fingerprint density at radius 1 is 1.07 bits per heavy atom. The number of ether oxygens (including phenoxy) is 1. The number of rotatable bonds is 6. The summed E-state index contributed by atoms with van der Waals surface area (Å²) in [5, 5.41) is 0.619. The highest BCUT2D eigenvalue weighted by Crippen LogP contribution is 2.22. The molecule has 27 heavy (non-hydrogen) atoms. The Hall–Kier alpha value is -2.99. The van der Waals surface area contributed by atoms with E-state index in [0.29, 0.717) is 23.7 Å². The van der Waals surface area contributed by atoms with Crippen molar-refractivity contribution in [3.05, 3.63) is 87.8 Å². The molecule has 5 nitrogen and oxygen atoms in total. The number of thioether (sulfide) groups is 1. The first-order valence-electron chi connectivity index (χ1n) is 8.63. The topological polar surface area (TPSA) is 70.8 Å². The number of H-pyrrole nitrogens is 2. The molecule has 2 aromatic heterocycles. The fraction of sp³-hybridized carbons (Fsp3) is 0.143. The highest BCUT2D eigenvalue weighted by atomic mass is 32.2. The highest BCUT2D eigenvalue weighted by Gasteiger charge is 2.11. The van der Waals surface area contributed by atoms with Crippen molar-refractivity contribution >= 4 is 22.8 Å². The van der Waals surface area contributed by atoms with E-state index in [9.17, 15) is 4.79 Å². The highest BCUT2D eigenvalue weighted by molar-refractivity contribution is 7.98. The zero-order chi connectivity index (χ0) is 18.6. The SMILES string of the molecule is CSc1nc2c(Cc3cccc(OCc4ccccc4)c3)c[nH]c2c(=O)[nH]1. The molecule has 0 aliphatic rings. The maximum atomic E-state index is 12.1. The third kappa shape index (κ3) is 3.90. The maximum absolute atomic E-state index is 12.1. The molecule has 0 saturated heterocycles. The van der Waals surface area contributed by atoms with Crippen molar-refractivity contribution in [3.63, 3.8) is 0 Å². The van der Waals surface area contributed by atoms with Crippen LogP contribution in [0.3, 0.4) is 0 Å². The molecule has 0 saturated carbocycles. The summed E-state index contributed by atoms with van der Waals surface area (Å²) < 4.78 is 5.91. The van der Waals surface area contributed by atoms with E-state index >= 15 is 0 Å².